The summed E-state index contributed by atoms with van der Waals surface area (Å²) < 4.78 is 4.59. The van der Waals surface area contributed by atoms with Crippen molar-refractivity contribution in [2.24, 2.45) is 10.2 Å². The molecule has 0 bridgehead atoms. The van der Waals surface area contributed by atoms with Crippen molar-refractivity contribution in [2.75, 3.05) is 7.11 Å². The van der Waals surface area contributed by atoms with Crippen molar-refractivity contribution in [3.63, 3.8) is 0 Å². The van der Waals surface area contributed by atoms with Crippen molar-refractivity contribution in [2.45, 2.75) is 11.7 Å². The zero-order chi connectivity index (χ0) is 16.8. The summed E-state index contributed by atoms with van der Waals surface area (Å²) in [7, 11) is 1.30. The highest BCUT2D eigenvalue weighted by Gasteiger charge is 2.32. The Balaban J connectivity index is 1.97. The van der Waals surface area contributed by atoms with Gasteiger partial charge in [-0.3, -0.25) is 9.59 Å². The van der Waals surface area contributed by atoms with Crippen molar-refractivity contribution in [1.82, 2.24) is 5.32 Å². The van der Waals surface area contributed by atoms with Gasteiger partial charge in [-0.15, -0.1) is 5.10 Å². The highest BCUT2D eigenvalue weighted by Crippen LogP contribution is 2.22. The summed E-state index contributed by atoms with van der Waals surface area (Å²) in [6.07, 6.45) is 1.18. The summed E-state index contributed by atoms with van der Waals surface area (Å²) in [5.41, 5.74) is 1.13. The Kier molecular flexibility index (Phi) is 5.47. The lowest BCUT2D eigenvalue weighted by atomic mass is 10.1. The number of hydrogen-bond donors (Lipinski definition) is 2. The molecule has 8 nitrogen and oxygen atoms in total. The largest absolute Gasteiger partial charge is 0.481 e. The second-order valence-corrected chi connectivity index (χ2v) is 5.65. The molecule has 1 aliphatic rings. The summed E-state index contributed by atoms with van der Waals surface area (Å²) >= 11 is 1.03. The molecule has 0 aliphatic carbocycles. The molecule has 2 rings (SSSR count). The van der Waals surface area contributed by atoms with Gasteiger partial charge in [0.25, 0.3) is 0 Å². The molecule has 1 heterocycles. The second kappa shape index (κ2) is 7.54. The molecule has 1 atom stereocenters. The van der Waals surface area contributed by atoms with Crippen LogP contribution in [-0.4, -0.2) is 46.7 Å². The molecule has 1 amide bonds. The quantitative estimate of drug-likeness (QED) is 0.468. The van der Waals surface area contributed by atoms with Crippen LogP contribution in [0.3, 0.4) is 0 Å². The molecule has 0 aromatic heterocycles. The van der Waals surface area contributed by atoms with Gasteiger partial charge in [0.2, 0.25) is 5.91 Å². The van der Waals surface area contributed by atoms with Crippen LogP contribution in [0.15, 0.2) is 34.5 Å². The monoisotopic (exact) mass is 335 g/mol. The van der Waals surface area contributed by atoms with E-state index >= 15 is 0 Å². The molecular weight excluding hydrogens is 322 g/mol. The molecule has 0 spiro atoms. The number of thioether (sulfide) groups is 1. The zero-order valence-corrected chi connectivity index (χ0v) is 12.9. The number of amides is 1. The molecule has 9 heteroatoms. The highest BCUT2D eigenvalue weighted by atomic mass is 32.2. The van der Waals surface area contributed by atoms with Gasteiger partial charge in [-0.05, 0) is 17.7 Å². The standard InChI is InChI=1S/C14H13N3O5S/c1-22-13(21)9-4-2-8(3-5-9)7-15-17-14-16-12(20)10(23-14)6-11(18)19/h2-5,7,10H,6H2,1H3,(H,18,19)(H,16,17,20). The van der Waals surface area contributed by atoms with Crippen molar-refractivity contribution < 1.29 is 24.2 Å². The summed E-state index contributed by atoms with van der Waals surface area (Å²) in [6, 6.07) is 6.53. The first-order valence-electron chi connectivity index (χ1n) is 6.48. The van der Waals surface area contributed by atoms with Crippen LogP contribution in [0.1, 0.15) is 22.3 Å². The number of aliphatic carboxylic acids is 1. The zero-order valence-electron chi connectivity index (χ0n) is 12.1. The molecule has 1 aromatic rings. The maximum atomic E-state index is 11.5. The number of ether oxygens (including phenoxy) is 1. The molecule has 1 fully saturated rings. The van der Waals surface area contributed by atoms with E-state index in [-0.39, 0.29) is 11.6 Å². The number of benzene rings is 1. The highest BCUT2D eigenvalue weighted by molar-refractivity contribution is 8.15. The lowest BCUT2D eigenvalue weighted by molar-refractivity contribution is -0.138. The number of carbonyl (C=O) groups excluding carboxylic acids is 2. The molecule has 0 radical (unpaired) electrons. The minimum absolute atomic E-state index is 0.253. The van der Waals surface area contributed by atoms with Gasteiger partial charge in [0.05, 0.1) is 25.3 Å². The van der Waals surface area contributed by atoms with Crippen LogP contribution >= 0.6 is 11.8 Å². The maximum absolute atomic E-state index is 11.5. The molecule has 23 heavy (non-hydrogen) atoms. The fraction of sp³-hybridized carbons (Fsp3) is 0.214. The third kappa shape index (κ3) is 4.65. The third-order valence-electron chi connectivity index (χ3n) is 2.82. The van der Waals surface area contributed by atoms with Crippen LogP contribution in [0.4, 0.5) is 0 Å². The summed E-state index contributed by atoms with van der Waals surface area (Å²) in [4.78, 5) is 33.4. The molecule has 1 saturated heterocycles. The topological polar surface area (TPSA) is 117 Å². The summed E-state index contributed by atoms with van der Waals surface area (Å²) in [6.45, 7) is 0. The first-order valence-corrected chi connectivity index (χ1v) is 7.36. The van der Waals surface area contributed by atoms with Crippen LogP contribution in [0.25, 0.3) is 0 Å². The normalized spacial score (nSPS) is 19.1. The lowest BCUT2D eigenvalue weighted by Crippen LogP contribution is -2.26. The summed E-state index contributed by atoms with van der Waals surface area (Å²) in [5, 5.41) is 18.4. The van der Waals surface area contributed by atoms with Crippen molar-refractivity contribution in [1.29, 1.82) is 0 Å². The van der Waals surface area contributed by atoms with Crippen molar-refractivity contribution in [3.8, 4) is 0 Å². The number of esters is 1. The predicted molar refractivity (Wildman–Crippen MR) is 84.6 cm³/mol. The Labute approximate surface area is 135 Å². The lowest BCUT2D eigenvalue weighted by Gasteiger charge is -1.98. The van der Waals surface area contributed by atoms with Gasteiger partial charge >= 0.3 is 11.9 Å². The Morgan fingerprint density at radius 3 is 2.70 bits per heavy atom. The van der Waals surface area contributed by atoms with Crippen LogP contribution in [0, 0.1) is 0 Å². The number of nitrogens with zero attached hydrogens (tertiary/aromatic N) is 2. The third-order valence-corrected chi connectivity index (χ3v) is 3.90. The smallest absolute Gasteiger partial charge is 0.337 e. The minimum atomic E-state index is -1.05. The number of nitrogens with one attached hydrogen (secondary N) is 1. The minimum Gasteiger partial charge on any atom is -0.481 e. The van der Waals surface area contributed by atoms with Crippen LogP contribution in [0.2, 0.25) is 0 Å². The molecular formula is C14H13N3O5S. The Hall–Kier alpha value is -2.68. The molecule has 120 valence electrons. The van der Waals surface area contributed by atoms with Gasteiger partial charge in [-0.2, -0.15) is 5.10 Å². The van der Waals surface area contributed by atoms with E-state index in [4.69, 9.17) is 5.11 Å². The van der Waals surface area contributed by atoms with E-state index in [0.717, 1.165) is 11.8 Å². The second-order valence-electron chi connectivity index (χ2n) is 4.46. The Morgan fingerprint density at radius 1 is 1.39 bits per heavy atom. The van der Waals surface area contributed by atoms with Gasteiger partial charge in [0, 0.05) is 0 Å². The van der Waals surface area contributed by atoms with E-state index in [9.17, 15) is 14.4 Å². The number of carbonyl (C=O) groups is 3. The number of rotatable bonds is 5. The fourth-order valence-corrected chi connectivity index (χ4v) is 2.63. The average Bonchev–Trinajstić information content (AvgIpc) is 2.86. The summed E-state index contributed by atoms with van der Waals surface area (Å²) in [5.74, 6) is -1.87. The number of amidine groups is 1. The Morgan fingerprint density at radius 2 is 2.09 bits per heavy atom. The van der Waals surface area contributed by atoms with Gasteiger partial charge in [-0.1, -0.05) is 23.9 Å². The first kappa shape index (κ1) is 16.7. The van der Waals surface area contributed by atoms with Crippen LogP contribution < -0.4 is 5.32 Å². The average molecular weight is 335 g/mol. The molecule has 1 aliphatic heterocycles. The van der Waals surface area contributed by atoms with Crippen molar-refractivity contribution >= 4 is 41.0 Å². The van der Waals surface area contributed by atoms with Crippen molar-refractivity contribution in [3.05, 3.63) is 35.4 Å². The molecule has 2 N–H and O–H groups in total. The first-order chi connectivity index (χ1) is 11.0. The van der Waals surface area contributed by atoms with E-state index in [1.807, 2.05) is 0 Å². The molecule has 0 saturated carbocycles. The van der Waals surface area contributed by atoms with Gasteiger partial charge < -0.3 is 15.2 Å². The van der Waals surface area contributed by atoms with E-state index in [0.29, 0.717) is 11.1 Å². The number of methoxy groups -OCH3 is 1. The van der Waals surface area contributed by atoms with Crippen LogP contribution in [-0.2, 0) is 14.3 Å². The van der Waals surface area contributed by atoms with E-state index in [2.05, 4.69) is 20.3 Å². The SMILES string of the molecule is COC(=O)c1ccc(C=NN=C2NC(=O)C(CC(=O)O)S2)cc1. The number of hydrogen-bond acceptors (Lipinski definition) is 7. The number of carboxylic acid groups (broad SMARTS) is 1. The molecule has 1 aromatic carbocycles. The van der Waals surface area contributed by atoms with E-state index < -0.39 is 23.1 Å². The van der Waals surface area contributed by atoms with Gasteiger partial charge in [0.1, 0.15) is 5.25 Å². The fourth-order valence-electron chi connectivity index (χ4n) is 1.72. The number of carboxylic acids is 1. The van der Waals surface area contributed by atoms with E-state index in [1.165, 1.54) is 13.3 Å². The van der Waals surface area contributed by atoms with Crippen LogP contribution in [0.5, 0.6) is 0 Å². The van der Waals surface area contributed by atoms with Gasteiger partial charge in [0.15, 0.2) is 5.17 Å². The maximum Gasteiger partial charge on any atom is 0.337 e. The Bertz CT molecular complexity index is 684. The molecule has 1 unspecified atom stereocenters. The van der Waals surface area contributed by atoms with E-state index in [1.54, 1.807) is 24.3 Å². The predicted octanol–water partition coefficient (Wildman–Crippen LogP) is 0.869. The van der Waals surface area contributed by atoms with Gasteiger partial charge in [-0.25, -0.2) is 4.79 Å².